The van der Waals surface area contributed by atoms with E-state index in [1.165, 1.54) is 13.8 Å². The van der Waals surface area contributed by atoms with E-state index in [1.807, 2.05) is 0 Å². The third-order valence-corrected chi connectivity index (χ3v) is 4.62. The number of carbonyl (C=O) groups is 2. The van der Waals surface area contributed by atoms with Crippen molar-refractivity contribution >= 4 is 40.5 Å². The molecule has 0 aliphatic carbocycles. The molecule has 27 heavy (non-hydrogen) atoms. The number of allylic oxidation sites excluding steroid dienone is 1. The first kappa shape index (κ1) is 22.7. The summed E-state index contributed by atoms with van der Waals surface area (Å²) in [4.78, 5) is 23.0. The lowest BCUT2D eigenvalue weighted by atomic mass is 10.2. The lowest BCUT2D eigenvalue weighted by molar-refractivity contribution is -0.136. The number of nitrogens with zero attached hydrogens (tertiary/aromatic N) is 2. The van der Waals surface area contributed by atoms with Crippen LogP contribution in [0.3, 0.4) is 0 Å². The number of carbonyl (C=O) groups excluding carboxylic acids is 2. The van der Waals surface area contributed by atoms with E-state index < -0.39 is 30.1 Å². The molecule has 0 aromatic carbocycles. The number of amides is 1. The van der Waals surface area contributed by atoms with Gasteiger partial charge in [-0.05, 0) is 26.1 Å². The summed E-state index contributed by atoms with van der Waals surface area (Å²) in [6.45, 7) is 2.79. The Bertz CT molecular complexity index is 731. The van der Waals surface area contributed by atoms with E-state index in [2.05, 4.69) is 25.6 Å². The van der Waals surface area contributed by atoms with Crippen LogP contribution in [0.15, 0.2) is 11.5 Å². The number of rotatable bonds is 8. The molecule has 0 aliphatic rings. The van der Waals surface area contributed by atoms with E-state index in [1.54, 1.807) is 0 Å². The van der Waals surface area contributed by atoms with Gasteiger partial charge >= 0.3 is 5.97 Å². The summed E-state index contributed by atoms with van der Waals surface area (Å²) in [7, 11) is 1.15. The van der Waals surface area contributed by atoms with Crippen molar-refractivity contribution in [1.29, 1.82) is 0 Å². The molecule has 0 saturated heterocycles. The van der Waals surface area contributed by atoms with Crippen LogP contribution in [0.1, 0.15) is 42.4 Å². The van der Waals surface area contributed by atoms with Crippen LogP contribution in [0, 0.1) is 0 Å². The van der Waals surface area contributed by atoms with Crippen LogP contribution in [-0.4, -0.2) is 50.6 Å². The van der Waals surface area contributed by atoms with E-state index in [0.717, 1.165) is 18.4 Å². The zero-order valence-electron chi connectivity index (χ0n) is 14.9. The molecule has 1 aromatic heterocycles. The number of aromatic nitrogens is 2. The summed E-state index contributed by atoms with van der Waals surface area (Å²) in [5.74, 6) is -1.79. The second-order valence-corrected chi connectivity index (χ2v) is 6.97. The molecule has 1 heterocycles. The summed E-state index contributed by atoms with van der Waals surface area (Å²) < 4.78 is 4.54. The van der Waals surface area contributed by atoms with Crippen molar-refractivity contribution in [3.8, 4) is 0 Å². The average Bonchev–Trinajstić information content (AvgIpc) is 3.06. The van der Waals surface area contributed by atoms with Crippen molar-refractivity contribution in [1.82, 2.24) is 20.8 Å². The van der Waals surface area contributed by atoms with Gasteiger partial charge in [0.15, 0.2) is 10.8 Å². The van der Waals surface area contributed by atoms with E-state index >= 15 is 0 Å². The fraction of sp³-hybridized carbons (Fsp3) is 0.500. The molecule has 3 atom stereocenters. The molecule has 11 nitrogen and oxygen atoms in total. The number of methoxy groups -OCH3 is 1. The van der Waals surface area contributed by atoms with Crippen molar-refractivity contribution < 1.29 is 24.5 Å². The van der Waals surface area contributed by atoms with Gasteiger partial charge in [0.2, 0.25) is 5.91 Å². The monoisotopic (exact) mass is 418 g/mol. The molecule has 0 radical (unpaired) electrons. The van der Waals surface area contributed by atoms with Crippen molar-refractivity contribution in [3.05, 3.63) is 21.5 Å². The molecular weight excluding hydrogens is 396 g/mol. The van der Waals surface area contributed by atoms with Gasteiger partial charge in [0.1, 0.15) is 15.8 Å². The van der Waals surface area contributed by atoms with E-state index in [9.17, 15) is 19.8 Å². The quantitative estimate of drug-likeness (QED) is 0.135. The summed E-state index contributed by atoms with van der Waals surface area (Å²) in [6.07, 6.45) is -1.01. The SMILES string of the molecule is COC(=O)/C(NC(=S)N[C@@H](CC(N)=O)c1nnc([C@@H](N)C(C)O)s1)=C(/C)O. The number of nitrogens with two attached hydrogens (primary N) is 2. The molecule has 150 valence electrons. The van der Waals surface area contributed by atoms with Gasteiger partial charge in [-0.15, -0.1) is 10.2 Å². The predicted molar refractivity (Wildman–Crippen MR) is 101 cm³/mol. The maximum absolute atomic E-state index is 11.6. The smallest absolute Gasteiger partial charge is 0.358 e. The van der Waals surface area contributed by atoms with E-state index in [4.69, 9.17) is 23.7 Å². The number of nitrogens with one attached hydrogen (secondary N) is 2. The molecule has 13 heteroatoms. The van der Waals surface area contributed by atoms with Crippen molar-refractivity contribution in [2.24, 2.45) is 11.5 Å². The Morgan fingerprint density at radius 1 is 1.37 bits per heavy atom. The van der Waals surface area contributed by atoms with Gasteiger partial charge in [0, 0.05) is 0 Å². The van der Waals surface area contributed by atoms with Gasteiger partial charge in [-0.2, -0.15) is 0 Å². The van der Waals surface area contributed by atoms with Gasteiger partial charge in [0.25, 0.3) is 0 Å². The highest BCUT2D eigenvalue weighted by atomic mass is 32.1. The Kier molecular flexibility index (Phi) is 8.49. The number of thiocarbonyl (C=S) groups is 1. The highest BCUT2D eigenvalue weighted by Gasteiger charge is 2.24. The number of hydrogen-bond acceptors (Lipinski definition) is 10. The average molecular weight is 419 g/mol. The Hall–Kier alpha value is -2.35. The van der Waals surface area contributed by atoms with Crippen LogP contribution in [-0.2, 0) is 14.3 Å². The third kappa shape index (κ3) is 6.71. The predicted octanol–water partition coefficient (Wildman–Crippen LogP) is -0.738. The van der Waals surface area contributed by atoms with Gasteiger partial charge < -0.3 is 37.1 Å². The Balaban J connectivity index is 2.98. The molecule has 0 aliphatic heterocycles. The first-order valence-electron chi connectivity index (χ1n) is 7.67. The molecule has 1 aromatic rings. The van der Waals surface area contributed by atoms with Crippen molar-refractivity contribution in [2.45, 2.75) is 38.5 Å². The fourth-order valence-electron chi connectivity index (χ4n) is 1.83. The maximum atomic E-state index is 11.6. The minimum absolute atomic E-state index is 0.0772. The highest BCUT2D eigenvalue weighted by Crippen LogP contribution is 2.25. The van der Waals surface area contributed by atoms with Crippen molar-refractivity contribution in [3.63, 3.8) is 0 Å². The summed E-state index contributed by atoms with van der Waals surface area (Å²) >= 11 is 6.19. The van der Waals surface area contributed by atoms with Gasteiger partial charge in [-0.25, -0.2) is 4.79 Å². The van der Waals surface area contributed by atoms with Crippen LogP contribution in [0.2, 0.25) is 0 Å². The molecule has 8 N–H and O–H groups in total. The summed E-state index contributed by atoms with van der Waals surface area (Å²) in [5, 5.41) is 32.9. The minimum atomic E-state index is -0.837. The number of aliphatic hydroxyl groups excluding tert-OH is 2. The van der Waals surface area contributed by atoms with Crippen molar-refractivity contribution in [2.75, 3.05) is 7.11 Å². The van der Waals surface area contributed by atoms with Gasteiger partial charge in [-0.1, -0.05) is 11.3 Å². The second-order valence-electron chi connectivity index (χ2n) is 5.52. The van der Waals surface area contributed by atoms with Crippen LogP contribution in [0.4, 0.5) is 0 Å². The molecule has 0 bridgehead atoms. The second kappa shape index (κ2) is 10.1. The van der Waals surface area contributed by atoms with Crippen LogP contribution >= 0.6 is 23.6 Å². The minimum Gasteiger partial charge on any atom is -0.510 e. The molecule has 0 fully saturated rings. The van der Waals surface area contributed by atoms with Gasteiger partial charge in [-0.3, -0.25) is 4.79 Å². The zero-order chi connectivity index (χ0) is 20.7. The number of esters is 1. The molecule has 1 unspecified atom stereocenters. The largest absolute Gasteiger partial charge is 0.510 e. The standard InChI is InChI=1S/C14H22N6O5S2/c1-5(21)9(16)12-20-19-11(27-12)7(4-8(15)23)17-14(26)18-10(6(2)22)13(24)25-3/h5,7,9,21-22H,4,16H2,1-3H3,(H2,15,23)(H2,17,18,26)/b10-6+/t5?,7-,9-/m0/s1. The van der Waals surface area contributed by atoms with Crippen LogP contribution in [0.5, 0.6) is 0 Å². The lowest BCUT2D eigenvalue weighted by Crippen LogP contribution is -2.40. The molecule has 1 amide bonds. The topological polar surface area (TPSA) is 186 Å². The van der Waals surface area contributed by atoms with E-state index in [-0.39, 0.29) is 23.0 Å². The summed E-state index contributed by atoms with van der Waals surface area (Å²) in [6, 6.07) is -1.49. The molecule has 0 saturated carbocycles. The fourth-order valence-corrected chi connectivity index (χ4v) is 3.07. The highest BCUT2D eigenvalue weighted by molar-refractivity contribution is 7.80. The number of aliphatic hydroxyl groups is 2. The third-order valence-electron chi connectivity index (χ3n) is 3.26. The first-order valence-corrected chi connectivity index (χ1v) is 8.90. The Morgan fingerprint density at radius 2 is 1.96 bits per heavy atom. The van der Waals surface area contributed by atoms with Crippen LogP contribution in [0.25, 0.3) is 0 Å². The lowest BCUT2D eigenvalue weighted by Gasteiger charge is -2.18. The molecular formula is C14H22N6O5S2. The first-order chi connectivity index (χ1) is 12.6. The number of primary amides is 1. The van der Waals surface area contributed by atoms with Gasteiger partial charge in [0.05, 0.1) is 31.7 Å². The zero-order valence-corrected chi connectivity index (χ0v) is 16.6. The number of ether oxygens (including phenoxy) is 1. The van der Waals surface area contributed by atoms with E-state index in [0.29, 0.717) is 10.0 Å². The summed E-state index contributed by atoms with van der Waals surface area (Å²) in [5.41, 5.74) is 10.8. The normalized spacial score (nSPS) is 15.1. The molecule has 0 spiro atoms. The maximum Gasteiger partial charge on any atom is 0.358 e. The Morgan fingerprint density at radius 3 is 2.44 bits per heavy atom. The van der Waals surface area contributed by atoms with Crippen LogP contribution < -0.4 is 22.1 Å². The molecule has 1 rings (SSSR count). The number of hydrogen-bond donors (Lipinski definition) is 6. The Labute approximate surface area is 164 Å².